The summed E-state index contributed by atoms with van der Waals surface area (Å²) in [7, 11) is 0. The van der Waals surface area contributed by atoms with Crippen molar-refractivity contribution in [2.75, 3.05) is 5.32 Å². The normalized spacial score (nSPS) is 9.78. The molecule has 1 heterocycles. The second kappa shape index (κ2) is 5.19. The average molecular weight is 239 g/mol. The number of nitriles is 1. The summed E-state index contributed by atoms with van der Waals surface area (Å²) >= 11 is 0. The summed E-state index contributed by atoms with van der Waals surface area (Å²) in [5.41, 5.74) is 1.59. The van der Waals surface area contributed by atoms with E-state index < -0.39 is 0 Å². The third kappa shape index (κ3) is 2.58. The van der Waals surface area contributed by atoms with Gasteiger partial charge in [-0.05, 0) is 11.6 Å². The minimum absolute atomic E-state index is 0.181. The van der Waals surface area contributed by atoms with Gasteiger partial charge in [0.15, 0.2) is 0 Å². The van der Waals surface area contributed by atoms with Gasteiger partial charge in [0.2, 0.25) is 5.91 Å². The number of carbonyl (C=O) groups excluding carboxylic acids is 1. The molecule has 2 aromatic rings. The SMILES string of the molecule is CC(=O)Nc1c(C#N)ccn1Cc1ccccc1. The first kappa shape index (κ1) is 11.9. The predicted octanol–water partition coefficient (Wildman–Crippen LogP) is 2.37. The Balaban J connectivity index is 2.31. The van der Waals surface area contributed by atoms with E-state index in [0.717, 1.165) is 5.56 Å². The molecule has 90 valence electrons. The van der Waals surface area contributed by atoms with Gasteiger partial charge < -0.3 is 9.88 Å². The number of hydrogen-bond donors (Lipinski definition) is 1. The number of benzene rings is 1. The topological polar surface area (TPSA) is 57.8 Å². The smallest absolute Gasteiger partial charge is 0.222 e. The van der Waals surface area contributed by atoms with Crippen LogP contribution in [0.25, 0.3) is 0 Å². The highest BCUT2D eigenvalue weighted by molar-refractivity contribution is 5.89. The van der Waals surface area contributed by atoms with E-state index in [4.69, 9.17) is 5.26 Å². The lowest BCUT2D eigenvalue weighted by Crippen LogP contribution is -2.12. The van der Waals surface area contributed by atoms with Gasteiger partial charge in [0.1, 0.15) is 11.9 Å². The first-order chi connectivity index (χ1) is 8.70. The van der Waals surface area contributed by atoms with E-state index in [9.17, 15) is 4.79 Å². The van der Waals surface area contributed by atoms with Gasteiger partial charge in [-0.2, -0.15) is 5.26 Å². The maximum atomic E-state index is 11.2. The predicted molar refractivity (Wildman–Crippen MR) is 69.0 cm³/mol. The molecule has 0 aliphatic heterocycles. The zero-order valence-electron chi connectivity index (χ0n) is 10.1. The number of anilines is 1. The van der Waals surface area contributed by atoms with Crippen molar-refractivity contribution < 1.29 is 4.79 Å². The fraction of sp³-hybridized carbons (Fsp3) is 0.143. The quantitative estimate of drug-likeness (QED) is 0.893. The van der Waals surface area contributed by atoms with Crippen LogP contribution in [-0.4, -0.2) is 10.5 Å². The van der Waals surface area contributed by atoms with Gasteiger partial charge in [-0.3, -0.25) is 4.79 Å². The number of carbonyl (C=O) groups is 1. The molecule has 0 aliphatic rings. The lowest BCUT2D eigenvalue weighted by atomic mass is 10.2. The van der Waals surface area contributed by atoms with Crippen LogP contribution in [0, 0.1) is 11.3 Å². The molecule has 1 amide bonds. The van der Waals surface area contributed by atoms with Crippen molar-refractivity contribution in [3.05, 3.63) is 53.7 Å². The summed E-state index contributed by atoms with van der Waals surface area (Å²) in [6, 6.07) is 13.7. The Morgan fingerprint density at radius 2 is 2.06 bits per heavy atom. The fourth-order valence-electron chi connectivity index (χ4n) is 1.78. The average Bonchev–Trinajstić information content (AvgIpc) is 2.72. The number of hydrogen-bond acceptors (Lipinski definition) is 2. The first-order valence-corrected chi connectivity index (χ1v) is 5.61. The molecule has 0 unspecified atom stereocenters. The molecule has 4 heteroatoms. The molecule has 0 fully saturated rings. The van der Waals surface area contributed by atoms with E-state index >= 15 is 0 Å². The van der Waals surface area contributed by atoms with Crippen molar-refractivity contribution >= 4 is 11.7 Å². The summed E-state index contributed by atoms with van der Waals surface area (Å²) in [6.07, 6.45) is 1.80. The largest absolute Gasteiger partial charge is 0.329 e. The third-order valence-corrected chi connectivity index (χ3v) is 2.57. The van der Waals surface area contributed by atoms with E-state index in [0.29, 0.717) is 17.9 Å². The minimum Gasteiger partial charge on any atom is -0.329 e. The van der Waals surface area contributed by atoms with Gasteiger partial charge in [0.25, 0.3) is 0 Å². The molecule has 1 aromatic heterocycles. The van der Waals surface area contributed by atoms with Crippen molar-refractivity contribution in [2.24, 2.45) is 0 Å². The standard InChI is InChI=1S/C14H13N3O/c1-11(18)16-14-13(9-15)7-8-17(14)10-12-5-3-2-4-6-12/h2-8H,10H2,1H3,(H,16,18). The highest BCUT2D eigenvalue weighted by Gasteiger charge is 2.10. The van der Waals surface area contributed by atoms with Crippen molar-refractivity contribution in [3.8, 4) is 6.07 Å². The Bertz CT molecular complexity index is 593. The Morgan fingerprint density at radius 3 is 2.67 bits per heavy atom. The van der Waals surface area contributed by atoms with Crippen LogP contribution in [0.4, 0.5) is 5.82 Å². The molecule has 1 N–H and O–H groups in total. The second-order valence-electron chi connectivity index (χ2n) is 3.98. The summed E-state index contributed by atoms with van der Waals surface area (Å²) in [4.78, 5) is 11.2. The molecule has 0 bridgehead atoms. The molecule has 4 nitrogen and oxygen atoms in total. The Hall–Kier alpha value is -2.54. The van der Waals surface area contributed by atoms with Crippen molar-refractivity contribution in [1.82, 2.24) is 4.57 Å². The summed E-state index contributed by atoms with van der Waals surface area (Å²) in [6.45, 7) is 2.05. The summed E-state index contributed by atoms with van der Waals surface area (Å²) < 4.78 is 1.86. The molecular weight excluding hydrogens is 226 g/mol. The number of nitrogens with zero attached hydrogens (tertiary/aromatic N) is 2. The molecule has 0 atom stereocenters. The number of nitrogens with one attached hydrogen (secondary N) is 1. The maximum Gasteiger partial charge on any atom is 0.222 e. The van der Waals surface area contributed by atoms with Gasteiger partial charge in [-0.15, -0.1) is 0 Å². The van der Waals surface area contributed by atoms with Crippen molar-refractivity contribution in [3.63, 3.8) is 0 Å². The van der Waals surface area contributed by atoms with E-state index in [1.54, 1.807) is 12.3 Å². The van der Waals surface area contributed by atoms with Gasteiger partial charge in [0.05, 0.1) is 5.56 Å². The van der Waals surface area contributed by atoms with Gasteiger partial charge in [0, 0.05) is 19.7 Å². The molecule has 0 saturated carbocycles. The fourth-order valence-corrected chi connectivity index (χ4v) is 1.78. The van der Waals surface area contributed by atoms with E-state index in [2.05, 4.69) is 11.4 Å². The van der Waals surface area contributed by atoms with E-state index in [-0.39, 0.29) is 5.91 Å². The van der Waals surface area contributed by atoms with Crippen LogP contribution in [0.2, 0.25) is 0 Å². The van der Waals surface area contributed by atoms with Crippen molar-refractivity contribution in [2.45, 2.75) is 13.5 Å². The first-order valence-electron chi connectivity index (χ1n) is 5.61. The maximum absolute atomic E-state index is 11.2. The zero-order valence-corrected chi connectivity index (χ0v) is 10.1. The van der Waals surface area contributed by atoms with Gasteiger partial charge >= 0.3 is 0 Å². The monoisotopic (exact) mass is 239 g/mol. The van der Waals surface area contributed by atoms with Crippen LogP contribution in [0.3, 0.4) is 0 Å². The molecule has 0 saturated heterocycles. The van der Waals surface area contributed by atoms with E-state index in [1.807, 2.05) is 34.9 Å². The molecule has 2 rings (SSSR count). The van der Waals surface area contributed by atoms with Crippen LogP contribution in [0.15, 0.2) is 42.6 Å². The summed E-state index contributed by atoms with van der Waals surface area (Å²) in [5, 5.41) is 11.7. The molecular formula is C14H13N3O. The lowest BCUT2D eigenvalue weighted by Gasteiger charge is -2.10. The molecule has 0 aliphatic carbocycles. The highest BCUT2D eigenvalue weighted by atomic mass is 16.1. The van der Waals surface area contributed by atoms with Gasteiger partial charge in [-0.25, -0.2) is 0 Å². The highest BCUT2D eigenvalue weighted by Crippen LogP contribution is 2.18. The number of amides is 1. The number of rotatable bonds is 3. The van der Waals surface area contributed by atoms with Crippen LogP contribution in [0.1, 0.15) is 18.1 Å². The summed E-state index contributed by atoms with van der Waals surface area (Å²) in [5.74, 6) is 0.369. The molecule has 0 radical (unpaired) electrons. The Kier molecular flexibility index (Phi) is 3.44. The Labute approximate surface area is 105 Å². The zero-order chi connectivity index (χ0) is 13.0. The second-order valence-corrected chi connectivity index (χ2v) is 3.98. The molecule has 18 heavy (non-hydrogen) atoms. The Morgan fingerprint density at radius 1 is 1.33 bits per heavy atom. The lowest BCUT2D eigenvalue weighted by molar-refractivity contribution is -0.114. The van der Waals surface area contributed by atoms with Crippen LogP contribution in [0.5, 0.6) is 0 Å². The van der Waals surface area contributed by atoms with Crippen LogP contribution >= 0.6 is 0 Å². The van der Waals surface area contributed by atoms with Crippen molar-refractivity contribution in [1.29, 1.82) is 5.26 Å². The molecule has 0 spiro atoms. The van der Waals surface area contributed by atoms with Gasteiger partial charge in [-0.1, -0.05) is 30.3 Å². The van der Waals surface area contributed by atoms with E-state index in [1.165, 1.54) is 6.92 Å². The van der Waals surface area contributed by atoms with Crippen LogP contribution in [-0.2, 0) is 11.3 Å². The molecule has 1 aromatic carbocycles. The third-order valence-electron chi connectivity index (χ3n) is 2.57. The number of aromatic nitrogens is 1. The minimum atomic E-state index is -0.181. The van der Waals surface area contributed by atoms with Crippen LogP contribution < -0.4 is 5.32 Å².